The van der Waals surface area contributed by atoms with Crippen LogP contribution in [-0.2, 0) is 25.6 Å². The Morgan fingerprint density at radius 3 is 2.51 bits per heavy atom. The van der Waals surface area contributed by atoms with Crippen LogP contribution in [0.3, 0.4) is 0 Å². The molecule has 180 valence electrons. The number of nitrogens with zero attached hydrogens (tertiary/aromatic N) is 4. The number of phenolic OH excluding ortho intramolecular Hbond substituents is 2. The highest BCUT2D eigenvalue weighted by Crippen LogP contribution is 2.36. The Hall–Kier alpha value is -4.27. The first-order chi connectivity index (χ1) is 16.6. The van der Waals surface area contributed by atoms with Crippen LogP contribution in [0.15, 0.2) is 48.7 Å². The summed E-state index contributed by atoms with van der Waals surface area (Å²) >= 11 is 0. The molecule has 2 aromatic carbocycles. The average Bonchev–Trinajstić information content (AvgIpc) is 3.48. The fourth-order valence-electron chi connectivity index (χ4n) is 4.30. The van der Waals surface area contributed by atoms with Crippen molar-refractivity contribution in [3.8, 4) is 22.8 Å². The van der Waals surface area contributed by atoms with Crippen molar-refractivity contribution < 1.29 is 15.0 Å². The van der Waals surface area contributed by atoms with Crippen LogP contribution in [0.5, 0.6) is 11.5 Å². The van der Waals surface area contributed by atoms with Gasteiger partial charge in [0.25, 0.3) is 5.91 Å². The van der Waals surface area contributed by atoms with E-state index in [1.165, 1.54) is 17.7 Å². The first-order valence-corrected chi connectivity index (χ1v) is 11.4. The highest BCUT2D eigenvalue weighted by atomic mass is 16.3. The zero-order chi connectivity index (χ0) is 24.9. The number of H-pyrrole nitrogens is 1. The Labute approximate surface area is 203 Å². The Kier molecular flexibility index (Phi) is 5.27. The van der Waals surface area contributed by atoms with Crippen molar-refractivity contribution in [2.45, 2.75) is 39.3 Å². The molecule has 5 rings (SSSR count). The number of fused-ring (bicyclic) bond motifs is 1. The molecule has 0 radical (unpaired) electrons. The zero-order valence-corrected chi connectivity index (χ0v) is 20.1. The summed E-state index contributed by atoms with van der Waals surface area (Å²) in [7, 11) is 1.79. The van der Waals surface area contributed by atoms with Gasteiger partial charge >= 0.3 is 0 Å². The van der Waals surface area contributed by atoms with E-state index in [1.54, 1.807) is 22.8 Å². The third-order valence-corrected chi connectivity index (χ3v) is 6.31. The third-order valence-electron chi connectivity index (χ3n) is 6.31. The SMILES string of the molecule is Cn1nc(-c2ccc(C(C)(C)C)cc2)cc1Nc1cc(O)cc(O)c1C(=O)N1Cc2cn[nH]c2C1. The number of aryl methyl sites for hydroxylation is 1. The van der Waals surface area contributed by atoms with Crippen LogP contribution >= 0.6 is 0 Å². The first kappa shape index (κ1) is 22.5. The number of anilines is 2. The van der Waals surface area contributed by atoms with E-state index >= 15 is 0 Å². The Morgan fingerprint density at radius 2 is 1.83 bits per heavy atom. The van der Waals surface area contributed by atoms with E-state index in [4.69, 9.17) is 0 Å². The van der Waals surface area contributed by atoms with Gasteiger partial charge in [-0.3, -0.25) is 14.6 Å². The Bertz CT molecular complexity index is 1390. The van der Waals surface area contributed by atoms with Gasteiger partial charge in [-0.15, -0.1) is 0 Å². The summed E-state index contributed by atoms with van der Waals surface area (Å²) in [5, 5.41) is 35.4. The highest BCUT2D eigenvalue weighted by molar-refractivity contribution is 6.03. The van der Waals surface area contributed by atoms with Crippen molar-refractivity contribution in [1.29, 1.82) is 0 Å². The summed E-state index contributed by atoms with van der Waals surface area (Å²) in [6.07, 6.45) is 1.70. The summed E-state index contributed by atoms with van der Waals surface area (Å²) < 4.78 is 1.66. The van der Waals surface area contributed by atoms with Crippen LogP contribution in [0.2, 0.25) is 0 Å². The topological polar surface area (TPSA) is 119 Å². The summed E-state index contributed by atoms with van der Waals surface area (Å²) in [6.45, 7) is 7.28. The van der Waals surface area contributed by atoms with Gasteiger partial charge in [-0.05, 0) is 11.0 Å². The van der Waals surface area contributed by atoms with E-state index in [0.717, 1.165) is 22.5 Å². The molecule has 2 aromatic heterocycles. The summed E-state index contributed by atoms with van der Waals surface area (Å²) in [5.41, 5.74) is 5.21. The number of nitrogens with one attached hydrogen (secondary N) is 2. The van der Waals surface area contributed by atoms with Gasteiger partial charge in [0.1, 0.15) is 22.9 Å². The maximum absolute atomic E-state index is 13.4. The molecule has 0 saturated carbocycles. The molecular formula is C26H28N6O3. The Balaban J connectivity index is 1.44. The van der Waals surface area contributed by atoms with E-state index in [-0.39, 0.29) is 28.4 Å². The number of amides is 1. The van der Waals surface area contributed by atoms with Gasteiger partial charge in [0, 0.05) is 42.9 Å². The minimum atomic E-state index is -0.352. The quantitative estimate of drug-likeness (QED) is 0.349. The molecule has 0 bridgehead atoms. The van der Waals surface area contributed by atoms with Gasteiger partial charge in [-0.1, -0.05) is 45.0 Å². The fourth-order valence-corrected chi connectivity index (χ4v) is 4.30. The van der Waals surface area contributed by atoms with Crippen LogP contribution in [0.25, 0.3) is 11.3 Å². The number of phenols is 2. The molecule has 0 fully saturated rings. The molecule has 0 unspecified atom stereocenters. The lowest BCUT2D eigenvalue weighted by molar-refractivity contribution is 0.0747. The molecule has 1 amide bonds. The fraction of sp³-hybridized carbons (Fsp3) is 0.269. The van der Waals surface area contributed by atoms with Crippen LogP contribution in [0.1, 0.15) is 48.0 Å². The molecule has 9 heteroatoms. The number of hydrogen-bond acceptors (Lipinski definition) is 6. The molecule has 0 atom stereocenters. The van der Waals surface area contributed by atoms with Crippen LogP contribution in [0, 0.1) is 0 Å². The maximum atomic E-state index is 13.4. The minimum Gasteiger partial charge on any atom is -0.508 e. The highest BCUT2D eigenvalue weighted by Gasteiger charge is 2.30. The van der Waals surface area contributed by atoms with Gasteiger partial charge in [-0.25, -0.2) is 0 Å². The molecule has 0 saturated heterocycles. The monoisotopic (exact) mass is 472 g/mol. The number of hydrogen-bond donors (Lipinski definition) is 4. The van der Waals surface area contributed by atoms with Crippen LogP contribution in [0.4, 0.5) is 11.5 Å². The maximum Gasteiger partial charge on any atom is 0.260 e. The normalized spacial score (nSPS) is 13.2. The smallest absolute Gasteiger partial charge is 0.260 e. The molecule has 0 spiro atoms. The molecule has 4 N–H and O–H groups in total. The number of aromatic hydroxyl groups is 2. The van der Waals surface area contributed by atoms with Gasteiger partial charge in [-0.2, -0.15) is 10.2 Å². The molecule has 9 nitrogen and oxygen atoms in total. The van der Waals surface area contributed by atoms with Gasteiger partial charge < -0.3 is 20.4 Å². The molecular weight excluding hydrogens is 444 g/mol. The number of carbonyl (C=O) groups is 1. The van der Waals surface area contributed by atoms with Crippen molar-refractivity contribution in [3.05, 3.63) is 71.0 Å². The van der Waals surface area contributed by atoms with Crippen molar-refractivity contribution in [3.63, 3.8) is 0 Å². The minimum absolute atomic E-state index is 0.0590. The predicted octanol–water partition coefficient (Wildman–Crippen LogP) is 4.42. The lowest BCUT2D eigenvalue weighted by atomic mass is 9.86. The lowest BCUT2D eigenvalue weighted by Gasteiger charge is -2.19. The van der Waals surface area contributed by atoms with E-state index < -0.39 is 0 Å². The number of aromatic amines is 1. The third kappa shape index (κ3) is 4.21. The van der Waals surface area contributed by atoms with Crippen molar-refractivity contribution in [2.75, 3.05) is 5.32 Å². The molecule has 1 aliphatic heterocycles. The van der Waals surface area contributed by atoms with Crippen LogP contribution < -0.4 is 5.32 Å². The summed E-state index contributed by atoms with van der Waals surface area (Å²) in [6, 6.07) is 12.7. The lowest BCUT2D eigenvalue weighted by Crippen LogP contribution is -2.26. The van der Waals surface area contributed by atoms with Crippen LogP contribution in [-0.4, -0.2) is 41.0 Å². The molecule has 4 aromatic rings. The second-order valence-corrected chi connectivity index (χ2v) is 9.91. The molecule has 35 heavy (non-hydrogen) atoms. The average molecular weight is 473 g/mol. The Morgan fingerprint density at radius 1 is 1.09 bits per heavy atom. The van der Waals surface area contributed by atoms with E-state index in [2.05, 4.69) is 53.5 Å². The van der Waals surface area contributed by atoms with Crippen molar-refractivity contribution >= 4 is 17.4 Å². The van der Waals surface area contributed by atoms with E-state index in [0.29, 0.717) is 24.6 Å². The van der Waals surface area contributed by atoms with Crippen molar-refractivity contribution in [2.24, 2.45) is 7.05 Å². The largest absolute Gasteiger partial charge is 0.508 e. The molecule has 0 aliphatic carbocycles. The van der Waals surface area contributed by atoms with E-state index in [1.807, 2.05) is 18.2 Å². The number of rotatable bonds is 4. The number of aromatic nitrogens is 4. The van der Waals surface area contributed by atoms with Gasteiger partial charge in [0.15, 0.2) is 0 Å². The predicted molar refractivity (Wildman–Crippen MR) is 133 cm³/mol. The molecule has 3 heterocycles. The van der Waals surface area contributed by atoms with E-state index in [9.17, 15) is 15.0 Å². The van der Waals surface area contributed by atoms with Gasteiger partial charge in [0.05, 0.1) is 29.8 Å². The first-order valence-electron chi connectivity index (χ1n) is 11.4. The second-order valence-electron chi connectivity index (χ2n) is 9.91. The van der Waals surface area contributed by atoms with Crippen molar-refractivity contribution in [1.82, 2.24) is 24.9 Å². The van der Waals surface area contributed by atoms with Gasteiger partial charge in [0.2, 0.25) is 0 Å². The summed E-state index contributed by atoms with van der Waals surface area (Å²) in [4.78, 5) is 15.0. The number of benzene rings is 2. The summed E-state index contributed by atoms with van der Waals surface area (Å²) in [5.74, 6) is -0.201. The second kappa shape index (κ2) is 8.19. The standard InChI is InChI=1S/C26H28N6O3/c1-26(2,3)17-7-5-15(6-8-17)19-11-23(31(4)30-19)28-20-9-18(33)10-22(34)24(20)25(35)32-13-16-12-27-29-21(16)14-32/h5-12,28,33-34H,13-14H2,1-4H3,(H,27,29). The number of carbonyl (C=O) groups excluding carboxylic acids is 1. The molecule has 1 aliphatic rings. The zero-order valence-electron chi connectivity index (χ0n) is 20.1.